The van der Waals surface area contributed by atoms with Gasteiger partial charge < -0.3 is 38.0 Å². The lowest BCUT2D eigenvalue weighted by Gasteiger charge is -2.08. The summed E-state index contributed by atoms with van der Waals surface area (Å²) < 4.78 is 113. The topological polar surface area (TPSA) is 138 Å². The van der Waals surface area contributed by atoms with Crippen LogP contribution in [0.15, 0.2) is 81.6 Å². The molecule has 0 unspecified atom stereocenters. The van der Waals surface area contributed by atoms with Crippen molar-refractivity contribution in [2.75, 3.05) is 27.4 Å². The molecule has 6 rings (SSSR count). The minimum atomic E-state index is -4.57. The predicted octanol–water partition coefficient (Wildman–Crippen LogP) is 10.1. The molecule has 0 saturated heterocycles. The average molecular weight is 863 g/mol. The monoisotopic (exact) mass is 862 g/mol. The first kappa shape index (κ1) is 44.7. The number of benzene rings is 4. The van der Waals surface area contributed by atoms with Gasteiger partial charge in [-0.1, -0.05) is 36.1 Å². The number of aliphatic hydroxyl groups is 2. The molecule has 0 atom stereocenters. The van der Waals surface area contributed by atoms with E-state index in [1.165, 1.54) is 62.8 Å². The Bertz CT molecular complexity index is 2520. The van der Waals surface area contributed by atoms with Crippen molar-refractivity contribution in [1.82, 2.24) is 0 Å². The Kier molecular flexibility index (Phi) is 13.9. The second kappa shape index (κ2) is 19.2. The number of halogens is 6. The van der Waals surface area contributed by atoms with Gasteiger partial charge in [0.2, 0.25) is 0 Å². The second-order valence-corrected chi connectivity index (χ2v) is 13.5. The fourth-order valence-corrected chi connectivity index (χ4v) is 6.38. The molecule has 62 heavy (non-hydrogen) atoms. The van der Waals surface area contributed by atoms with Gasteiger partial charge in [0.15, 0.2) is 22.7 Å². The van der Waals surface area contributed by atoms with Crippen LogP contribution in [0.5, 0.6) is 11.5 Å². The summed E-state index contributed by atoms with van der Waals surface area (Å²) >= 11 is 0. The SMILES string of the molecule is COc1cc(CO)cc2c(C(=O)OCCCC#CC#CCCCOC(=O)c3c(-c4ccc(C(F)(F)F)cc4)oc4c(OC)cc(CO)cc34)c(-c3ccc(C(F)(F)F)cc3)oc12. The zero-order valence-electron chi connectivity index (χ0n) is 33.0. The third-order valence-corrected chi connectivity index (χ3v) is 9.39. The molecule has 16 heteroatoms. The number of carbonyl (C=O) groups excluding carboxylic acids is 2. The van der Waals surface area contributed by atoms with Gasteiger partial charge in [-0.3, -0.25) is 0 Å². The molecule has 0 aliphatic rings. The van der Waals surface area contributed by atoms with E-state index in [1.54, 1.807) is 0 Å². The number of hydrogen-bond donors (Lipinski definition) is 2. The van der Waals surface area contributed by atoms with E-state index in [0.29, 0.717) is 36.8 Å². The number of aliphatic hydroxyl groups excluding tert-OH is 2. The predicted molar refractivity (Wildman–Crippen MR) is 213 cm³/mol. The van der Waals surface area contributed by atoms with E-state index in [0.717, 1.165) is 24.3 Å². The van der Waals surface area contributed by atoms with Crippen LogP contribution in [-0.4, -0.2) is 49.6 Å². The Balaban J connectivity index is 1.04. The summed E-state index contributed by atoms with van der Waals surface area (Å²) in [5.74, 6) is 9.79. The first-order valence-electron chi connectivity index (χ1n) is 18.8. The molecular formula is C46H36F6O10. The maximum Gasteiger partial charge on any atom is 0.416 e. The number of unbranched alkanes of at least 4 members (excludes halogenated alkanes) is 2. The van der Waals surface area contributed by atoms with Crippen molar-refractivity contribution in [3.63, 3.8) is 0 Å². The highest BCUT2D eigenvalue weighted by Gasteiger charge is 2.33. The molecule has 322 valence electrons. The molecule has 2 aromatic heterocycles. The van der Waals surface area contributed by atoms with Crippen LogP contribution in [0.1, 0.15) is 68.7 Å². The first-order valence-corrected chi connectivity index (χ1v) is 18.8. The number of methoxy groups -OCH3 is 2. The van der Waals surface area contributed by atoms with E-state index in [-0.39, 0.29) is 93.6 Å². The molecule has 0 amide bonds. The molecule has 0 fully saturated rings. The lowest BCUT2D eigenvalue weighted by atomic mass is 10.0. The third-order valence-electron chi connectivity index (χ3n) is 9.39. The van der Waals surface area contributed by atoms with Crippen LogP contribution < -0.4 is 9.47 Å². The number of carbonyl (C=O) groups is 2. The number of fused-ring (bicyclic) bond motifs is 2. The molecule has 0 aliphatic heterocycles. The van der Waals surface area contributed by atoms with Crippen LogP contribution in [0.2, 0.25) is 0 Å². The van der Waals surface area contributed by atoms with E-state index in [9.17, 15) is 46.1 Å². The third kappa shape index (κ3) is 10.0. The van der Waals surface area contributed by atoms with Crippen LogP contribution in [0.3, 0.4) is 0 Å². The minimum absolute atomic E-state index is 0.0351. The molecule has 10 nitrogen and oxygen atoms in total. The fraction of sp³-hybridized carbons (Fsp3) is 0.261. The van der Waals surface area contributed by atoms with Crippen molar-refractivity contribution >= 4 is 33.9 Å². The second-order valence-electron chi connectivity index (χ2n) is 13.5. The number of furan rings is 2. The number of ether oxygens (including phenoxy) is 4. The van der Waals surface area contributed by atoms with Gasteiger partial charge >= 0.3 is 24.3 Å². The van der Waals surface area contributed by atoms with Gasteiger partial charge in [-0.05, 0) is 84.3 Å². The van der Waals surface area contributed by atoms with Crippen LogP contribution in [0.25, 0.3) is 44.6 Å². The maximum atomic E-state index is 13.4. The van der Waals surface area contributed by atoms with Gasteiger partial charge in [0.1, 0.15) is 22.6 Å². The molecule has 2 N–H and O–H groups in total. The van der Waals surface area contributed by atoms with E-state index in [1.807, 2.05) is 0 Å². The van der Waals surface area contributed by atoms with Gasteiger partial charge in [0.25, 0.3) is 0 Å². The van der Waals surface area contributed by atoms with Crippen molar-refractivity contribution in [3.8, 4) is 57.8 Å². The van der Waals surface area contributed by atoms with E-state index >= 15 is 0 Å². The molecule has 0 saturated carbocycles. The van der Waals surface area contributed by atoms with Gasteiger partial charge in [-0.15, -0.1) is 0 Å². The van der Waals surface area contributed by atoms with Crippen LogP contribution in [0.4, 0.5) is 26.3 Å². The van der Waals surface area contributed by atoms with Crippen molar-refractivity contribution in [2.45, 2.75) is 51.2 Å². The first-order chi connectivity index (χ1) is 29.7. The summed E-state index contributed by atoms with van der Waals surface area (Å²) in [6.45, 7) is -0.907. The number of hydrogen-bond acceptors (Lipinski definition) is 10. The highest BCUT2D eigenvalue weighted by Crippen LogP contribution is 2.42. The molecule has 4 aromatic carbocycles. The van der Waals surface area contributed by atoms with Gasteiger partial charge in [-0.25, -0.2) is 9.59 Å². The molecule has 2 heterocycles. The van der Waals surface area contributed by atoms with Gasteiger partial charge in [0.05, 0.1) is 51.8 Å². The minimum Gasteiger partial charge on any atom is -0.493 e. The molecule has 0 aliphatic carbocycles. The molecule has 6 aromatic rings. The number of esters is 2. The summed E-state index contributed by atoms with van der Waals surface area (Å²) in [7, 11) is 2.73. The summed E-state index contributed by atoms with van der Waals surface area (Å²) in [6, 6.07) is 14.2. The summed E-state index contributed by atoms with van der Waals surface area (Å²) in [4.78, 5) is 26.9. The van der Waals surface area contributed by atoms with Gasteiger partial charge in [-0.2, -0.15) is 26.3 Å². The quantitative estimate of drug-likeness (QED) is 0.0471. The Morgan fingerprint density at radius 1 is 0.597 bits per heavy atom. The summed E-state index contributed by atoms with van der Waals surface area (Å²) in [5.41, 5.74) is -0.407. The van der Waals surface area contributed by atoms with E-state index in [2.05, 4.69) is 23.7 Å². The molecule has 0 spiro atoms. The molecular weight excluding hydrogens is 826 g/mol. The van der Waals surface area contributed by atoms with Crippen LogP contribution in [-0.2, 0) is 35.0 Å². The van der Waals surface area contributed by atoms with Crippen molar-refractivity contribution < 1.29 is 73.9 Å². The Hall–Kier alpha value is -6.88. The van der Waals surface area contributed by atoms with Crippen LogP contribution in [0, 0.1) is 23.7 Å². The highest BCUT2D eigenvalue weighted by molar-refractivity contribution is 6.11. The lowest BCUT2D eigenvalue weighted by molar-refractivity contribution is -0.138. The fourth-order valence-electron chi connectivity index (χ4n) is 6.38. The number of alkyl halides is 6. The summed E-state index contributed by atoms with van der Waals surface area (Å²) in [5, 5.41) is 20.1. The van der Waals surface area contributed by atoms with Crippen molar-refractivity contribution in [2.24, 2.45) is 0 Å². The maximum absolute atomic E-state index is 13.4. The number of rotatable bonds is 14. The summed E-state index contributed by atoms with van der Waals surface area (Å²) in [6.07, 6.45) is -7.92. The van der Waals surface area contributed by atoms with E-state index in [4.69, 9.17) is 27.8 Å². The zero-order chi connectivity index (χ0) is 44.6. The average Bonchev–Trinajstić information content (AvgIpc) is 3.85. The van der Waals surface area contributed by atoms with Gasteiger partial charge in [0, 0.05) is 34.7 Å². The van der Waals surface area contributed by atoms with Crippen LogP contribution >= 0.6 is 0 Å². The molecule has 0 bridgehead atoms. The highest BCUT2D eigenvalue weighted by atomic mass is 19.4. The zero-order valence-corrected chi connectivity index (χ0v) is 33.0. The smallest absolute Gasteiger partial charge is 0.416 e. The Labute approximate surface area is 349 Å². The van der Waals surface area contributed by atoms with E-state index < -0.39 is 35.4 Å². The molecule has 0 radical (unpaired) electrons. The Morgan fingerprint density at radius 3 is 1.29 bits per heavy atom. The van der Waals surface area contributed by atoms with Crippen molar-refractivity contribution in [1.29, 1.82) is 0 Å². The standard InChI is InChI=1S/C46H36F6O10/c1-57-35-23-27(25-53)21-33-37(39(61-41(33)35)29-11-15-31(16-12-29)45(47,48)49)43(55)59-19-9-7-5-3-4-6-8-10-20-60-44(56)38-34-22-28(26-54)24-36(58-2)42(34)62-40(38)30-13-17-32(18-14-30)46(50,51)52/h11-18,21-24,53-54H,7-10,19-20,25-26H2,1-2H3. The van der Waals surface area contributed by atoms with Crippen molar-refractivity contribution in [3.05, 3.63) is 106 Å². The normalized spacial score (nSPS) is 11.5. The largest absolute Gasteiger partial charge is 0.493 e. The Morgan fingerprint density at radius 2 is 0.968 bits per heavy atom. The lowest BCUT2D eigenvalue weighted by Crippen LogP contribution is -2.08.